The van der Waals surface area contributed by atoms with Crippen LogP contribution in [0.2, 0.25) is 0 Å². The second-order valence-electron chi connectivity index (χ2n) is 5.07. The lowest BCUT2D eigenvalue weighted by atomic mass is 10.1. The van der Waals surface area contributed by atoms with E-state index in [9.17, 15) is 13.2 Å². The average Bonchev–Trinajstić information content (AvgIpc) is 2.45. The van der Waals surface area contributed by atoms with E-state index in [2.05, 4.69) is 6.92 Å². The average molecular weight is 313 g/mol. The van der Waals surface area contributed by atoms with Crippen LogP contribution in [0.1, 0.15) is 38.2 Å². The molecule has 0 aliphatic rings. The first-order chi connectivity index (χ1) is 9.87. The van der Waals surface area contributed by atoms with Gasteiger partial charge in [-0.15, -0.1) is 0 Å². The third kappa shape index (κ3) is 5.47. The van der Waals surface area contributed by atoms with Gasteiger partial charge in [0.15, 0.2) is 0 Å². The first kappa shape index (κ1) is 17.7. The normalized spacial score (nSPS) is 11.8. The number of hydrogen-bond donors (Lipinski definition) is 1. The summed E-state index contributed by atoms with van der Waals surface area (Å²) in [5.41, 5.74) is 0.824. The second kappa shape index (κ2) is 8.14. The molecule has 5 nitrogen and oxygen atoms in total. The van der Waals surface area contributed by atoms with Crippen LogP contribution in [0.5, 0.6) is 0 Å². The summed E-state index contributed by atoms with van der Waals surface area (Å²) in [6.45, 7) is 2.58. The molecule has 0 heterocycles. The van der Waals surface area contributed by atoms with Crippen molar-refractivity contribution in [1.29, 1.82) is 0 Å². The quantitative estimate of drug-likeness (QED) is 0.711. The Bertz CT molecular complexity index is 552. The van der Waals surface area contributed by atoms with Gasteiger partial charge in [-0.2, -0.15) is 0 Å². The Labute approximate surface area is 126 Å². The van der Waals surface area contributed by atoms with E-state index < -0.39 is 16.0 Å². The van der Waals surface area contributed by atoms with Gasteiger partial charge in [0.25, 0.3) is 0 Å². The molecule has 0 amide bonds. The Morgan fingerprint density at radius 2 is 1.81 bits per heavy atom. The van der Waals surface area contributed by atoms with Crippen LogP contribution in [-0.2, 0) is 21.2 Å². The van der Waals surface area contributed by atoms with Crippen molar-refractivity contribution in [2.75, 3.05) is 13.6 Å². The topological polar surface area (TPSA) is 74.7 Å². The molecule has 0 bridgehead atoms. The number of unbranched alkanes of at least 4 members (excludes halogenated alkanes) is 2. The molecular weight excluding hydrogens is 290 g/mol. The lowest BCUT2D eigenvalue weighted by Crippen LogP contribution is -2.27. The van der Waals surface area contributed by atoms with Crippen molar-refractivity contribution in [3.05, 3.63) is 29.8 Å². The van der Waals surface area contributed by atoms with Crippen molar-refractivity contribution in [2.24, 2.45) is 0 Å². The van der Waals surface area contributed by atoms with Crippen LogP contribution >= 0.6 is 0 Å². The molecule has 6 heteroatoms. The maximum atomic E-state index is 12.3. The van der Waals surface area contributed by atoms with Crippen molar-refractivity contribution in [3.8, 4) is 0 Å². The maximum Gasteiger partial charge on any atom is 0.303 e. The van der Waals surface area contributed by atoms with E-state index in [1.54, 1.807) is 31.3 Å². The van der Waals surface area contributed by atoms with Crippen molar-refractivity contribution in [3.63, 3.8) is 0 Å². The highest BCUT2D eigenvalue weighted by molar-refractivity contribution is 7.89. The first-order valence-electron chi connectivity index (χ1n) is 7.15. The van der Waals surface area contributed by atoms with Gasteiger partial charge in [0.2, 0.25) is 10.0 Å². The molecular formula is C15H23NO4S. The molecule has 0 spiro atoms. The summed E-state index contributed by atoms with van der Waals surface area (Å²) in [5, 5.41) is 8.63. The standard InChI is InChI=1S/C15H23NO4S/c1-3-4-5-12-16(2)21(19,20)14-9-6-13(7-10-14)8-11-15(17)18/h6-7,9-10H,3-5,8,11-12H2,1-2H3,(H,17,18). The number of benzene rings is 1. The van der Waals surface area contributed by atoms with Gasteiger partial charge in [0.1, 0.15) is 0 Å². The number of aliphatic carboxylic acids is 1. The van der Waals surface area contributed by atoms with E-state index >= 15 is 0 Å². The molecule has 0 aromatic heterocycles. The second-order valence-corrected chi connectivity index (χ2v) is 7.12. The third-order valence-electron chi connectivity index (χ3n) is 3.34. The number of sulfonamides is 1. The monoisotopic (exact) mass is 313 g/mol. The third-order valence-corrected chi connectivity index (χ3v) is 5.21. The van der Waals surface area contributed by atoms with Crippen molar-refractivity contribution in [1.82, 2.24) is 4.31 Å². The Hall–Kier alpha value is -1.40. The molecule has 0 unspecified atom stereocenters. The van der Waals surface area contributed by atoms with Gasteiger partial charge in [-0.1, -0.05) is 31.9 Å². The molecule has 1 N–H and O–H groups in total. The van der Waals surface area contributed by atoms with Gasteiger partial charge >= 0.3 is 5.97 Å². The lowest BCUT2D eigenvalue weighted by molar-refractivity contribution is -0.136. The summed E-state index contributed by atoms with van der Waals surface area (Å²) in [4.78, 5) is 10.8. The smallest absolute Gasteiger partial charge is 0.303 e. The molecule has 118 valence electrons. The van der Waals surface area contributed by atoms with Gasteiger partial charge < -0.3 is 5.11 Å². The van der Waals surface area contributed by atoms with Crippen molar-refractivity contribution < 1.29 is 18.3 Å². The predicted molar refractivity (Wildman–Crippen MR) is 81.7 cm³/mol. The van der Waals surface area contributed by atoms with E-state index in [-0.39, 0.29) is 11.3 Å². The van der Waals surface area contributed by atoms with Crippen LogP contribution in [0.25, 0.3) is 0 Å². The van der Waals surface area contributed by atoms with Gasteiger partial charge in [-0.3, -0.25) is 4.79 Å². The van der Waals surface area contributed by atoms with Crippen molar-refractivity contribution >= 4 is 16.0 Å². The molecule has 1 aromatic rings. The van der Waals surface area contributed by atoms with Crippen LogP contribution in [0.4, 0.5) is 0 Å². The largest absolute Gasteiger partial charge is 0.481 e. The Morgan fingerprint density at radius 1 is 1.19 bits per heavy atom. The van der Waals surface area contributed by atoms with Gasteiger partial charge in [0.05, 0.1) is 4.90 Å². The minimum absolute atomic E-state index is 0.0447. The zero-order chi connectivity index (χ0) is 15.9. The van der Waals surface area contributed by atoms with E-state index in [1.165, 1.54) is 4.31 Å². The highest BCUT2D eigenvalue weighted by Gasteiger charge is 2.19. The van der Waals surface area contributed by atoms with E-state index in [0.717, 1.165) is 24.8 Å². The minimum Gasteiger partial charge on any atom is -0.481 e. The van der Waals surface area contributed by atoms with Gasteiger partial charge in [-0.05, 0) is 30.5 Å². The molecule has 1 rings (SSSR count). The first-order valence-corrected chi connectivity index (χ1v) is 8.59. The Morgan fingerprint density at radius 3 is 2.33 bits per heavy atom. The van der Waals surface area contributed by atoms with E-state index in [1.807, 2.05) is 0 Å². The number of aryl methyl sites for hydroxylation is 1. The number of rotatable bonds is 9. The summed E-state index contributed by atoms with van der Waals surface area (Å²) < 4.78 is 26.0. The number of hydrogen-bond acceptors (Lipinski definition) is 3. The van der Waals surface area contributed by atoms with Gasteiger partial charge in [-0.25, -0.2) is 12.7 Å². The molecule has 0 saturated heterocycles. The predicted octanol–water partition coefficient (Wildman–Crippen LogP) is 2.51. The van der Waals surface area contributed by atoms with Crippen LogP contribution in [-0.4, -0.2) is 37.4 Å². The van der Waals surface area contributed by atoms with Crippen LogP contribution in [0.15, 0.2) is 29.2 Å². The minimum atomic E-state index is -3.45. The fourth-order valence-corrected chi connectivity index (χ4v) is 3.17. The van der Waals surface area contributed by atoms with E-state index in [4.69, 9.17) is 5.11 Å². The van der Waals surface area contributed by atoms with Crippen LogP contribution in [0, 0.1) is 0 Å². The molecule has 0 saturated carbocycles. The highest BCUT2D eigenvalue weighted by atomic mass is 32.2. The summed E-state index contributed by atoms with van der Waals surface area (Å²) in [6.07, 6.45) is 3.36. The highest BCUT2D eigenvalue weighted by Crippen LogP contribution is 2.16. The molecule has 0 atom stereocenters. The maximum absolute atomic E-state index is 12.3. The fourth-order valence-electron chi connectivity index (χ4n) is 1.96. The molecule has 1 aromatic carbocycles. The SMILES string of the molecule is CCCCCN(C)S(=O)(=O)c1ccc(CCC(=O)O)cc1. The molecule has 0 aliphatic heterocycles. The zero-order valence-electron chi connectivity index (χ0n) is 12.6. The van der Waals surface area contributed by atoms with Crippen LogP contribution in [0.3, 0.4) is 0 Å². The van der Waals surface area contributed by atoms with Gasteiger partial charge in [0, 0.05) is 20.0 Å². The Kier molecular flexibility index (Phi) is 6.84. The zero-order valence-corrected chi connectivity index (χ0v) is 13.4. The number of carboxylic acid groups (broad SMARTS) is 1. The molecule has 21 heavy (non-hydrogen) atoms. The van der Waals surface area contributed by atoms with Crippen molar-refractivity contribution in [2.45, 2.75) is 43.9 Å². The number of nitrogens with zero attached hydrogens (tertiary/aromatic N) is 1. The fraction of sp³-hybridized carbons (Fsp3) is 0.533. The molecule has 0 radical (unpaired) electrons. The lowest BCUT2D eigenvalue weighted by Gasteiger charge is -2.17. The molecule has 0 fully saturated rings. The van der Waals surface area contributed by atoms with E-state index in [0.29, 0.717) is 13.0 Å². The molecule has 0 aliphatic carbocycles. The number of carboxylic acids is 1. The van der Waals surface area contributed by atoms with Crippen LogP contribution < -0.4 is 0 Å². The summed E-state index contributed by atoms with van der Waals surface area (Å²) in [7, 11) is -1.86. The Balaban J connectivity index is 2.72. The summed E-state index contributed by atoms with van der Waals surface area (Å²) in [6, 6.07) is 6.44. The summed E-state index contributed by atoms with van der Waals surface area (Å²) in [5.74, 6) is -0.859. The number of carbonyl (C=O) groups is 1. The summed E-state index contributed by atoms with van der Waals surface area (Å²) >= 11 is 0.